The average molecular weight is 394 g/mol. The van der Waals surface area contributed by atoms with Gasteiger partial charge in [0.2, 0.25) is 5.91 Å². The van der Waals surface area contributed by atoms with Crippen molar-refractivity contribution in [2.24, 2.45) is 5.41 Å². The topological polar surface area (TPSA) is 66.5 Å². The van der Waals surface area contributed by atoms with Crippen molar-refractivity contribution in [1.82, 2.24) is 0 Å². The van der Waals surface area contributed by atoms with Crippen LogP contribution >= 0.6 is 0 Å². The number of nitrogens with one attached hydrogen (secondary N) is 1. The fourth-order valence-electron chi connectivity index (χ4n) is 2.92. The molecule has 0 saturated heterocycles. The van der Waals surface area contributed by atoms with Crippen LogP contribution < -0.4 is 9.62 Å². The highest BCUT2D eigenvalue weighted by molar-refractivity contribution is 7.92. The maximum absolute atomic E-state index is 13.4. The first-order valence-electron chi connectivity index (χ1n) is 8.42. The fourth-order valence-corrected chi connectivity index (χ4v) is 3.98. The van der Waals surface area contributed by atoms with Crippen LogP contribution in [0.4, 0.5) is 20.2 Å². The van der Waals surface area contributed by atoms with Crippen LogP contribution in [0.2, 0.25) is 0 Å². The number of sulfonamides is 1. The van der Waals surface area contributed by atoms with Gasteiger partial charge in [-0.1, -0.05) is 26.8 Å². The fraction of sp³-hybridized carbons (Fsp3) is 0.316. The number of fused-ring (bicyclic) bond motifs is 1. The molecular weight excluding hydrogens is 374 g/mol. The second-order valence-electron chi connectivity index (χ2n) is 7.48. The van der Waals surface area contributed by atoms with Gasteiger partial charge in [0.1, 0.15) is 0 Å². The summed E-state index contributed by atoms with van der Waals surface area (Å²) in [6.45, 7) is 6.00. The van der Waals surface area contributed by atoms with Gasteiger partial charge in [-0.2, -0.15) is 0 Å². The molecule has 1 amide bonds. The second-order valence-corrected chi connectivity index (χ2v) is 9.16. The predicted octanol–water partition coefficient (Wildman–Crippen LogP) is 3.70. The van der Waals surface area contributed by atoms with E-state index in [9.17, 15) is 22.0 Å². The highest BCUT2D eigenvalue weighted by Gasteiger charge is 2.32. The van der Waals surface area contributed by atoms with Crippen molar-refractivity contribution in [3.8, 4) is 0 Å². The van der Waals surface area contributed by atoms with Crippen molar-refractivity contribution in [1.29, 1.82) is 0 Å². The van der Waals surface area contributed by atoms with E-state index in [4.69, 9.17) is 0 Å². The monoisotopic (exact) mass is 394 g/mol. The highest BCUT2D eigenvalue weighted by Crippen LogP contribution is 2.34. The molecule has 5 nitrogen and oxygen atoms in total. The summed E-state index contributed by atoms with van der Waals surface area (Å²) in [6, 6.07) is 7.30. The summed E-state index contributed by atoms with van der Waals surface area (Å²) in [5.41, 5.74) is 1.28. The van der Waals surface area contributed by atoms with Gasteiger partial charge in [0.25, 0.3) is 10.0 Å². The maximum Gasteiger partial charge on any atom is 0.262 e. The predicted molar refractivity (Wildman–Crippen MR) is 99.1 cm³/mol. The van der Waals surface area contributed by atoms with Crippen molar-refractivity contribution in [3.05, 3.63) is 53.6 Å². The van der Waals surface area contributed by atoms with Gasteiger partial charge in [-0.05, 0) is 42.3 Å². The van der Waals surface area contributed by atoms with Crippen LogP contribution in [0.1, 0.15) is 26.3 Å². The molecule has 0 spiro atoms. The van der Waals surface area contributed by atoms with Crippen LogP contribution in [-0.2, 0) is 21.2 Å². The summed E-state index contributed by atoms with van der Waals surface area (Å²) in [5.74, 6) is -2.42. The molecule has 0 fully saturated rings. The van der Waals surface area contributed by atoms with Gasteiger partial charge in [0.15, 0.2) is 11.6 Å². The van der Waals surface area contributed by atoms with Crippen LogP contribution in [0.3, 0.4) is 0 Å². The van der Waals surface area contributed by atoms with Gasteiger partial charge in [-0.25, -0.2) is 17.2 Å². The third-order valence-corrected chi connectivity index (χ3v) is 5.70. The number of nitrogens with zero attached hydrogens (tertiary/aromatic N) is 1. The molecule has 0 radical (unpaired) electrons. The quantitative estimate of drug-likeness (QED) is 0.863. The lowest BCUT2D eigenvalue weighted by atomic mass is 9.94. The van der Waals surface area contributed by atoms with Gasteiger partial charge in [0, 0.05) is 17.6 Å². The van der Waals surface area contributed by atoms with E-state index in [1.165, 1.54) is 0 Å². The Labute approximate surface area is 157 Å². The number of hydrogen-bond donors (Lipinski definition) is 1. The molecule has 0 aromatic heterocycles. The summed E-state index contributed by atoms with van der Waals surface area (Å²) in [5, 5.41) is 0. The van der Waals surface area contributed by atoms with E-state index in [1.807, 2.05) is 20.8 Å². The number of rotatable bonds is 3. The average Bonchev–Trinajstić information content (AvgIpc) is 2.98. The van der Waals surface area contributed by atoms with Crippen molar-refractivity contribution in [2.75, 3.05) is 16.2 Å². The van der Waals surface area contributed by atoms with E-state index in [2.05, 4.69) is 4.72 Å². The van der Waals surface area contributed by atoms with Crippen LogP contribution in [0.25, 0.3) is 0 Å². The Bertz CT molecular complexity index is 1010. The number of amides is 1. The number of benzene rings is 2. The largest absolute Gasteiger partial charge is 0.311 e. The van der Waals surface area contributed by atoms with E-state index < -0.39 is 27.1 Å². The molecule has 144 valence electrons. The molecular formula is C19H20F2N2O3S. The summed E-state index contributed by atoms with van der Waals surface area (Å²) in [6.07, 6.45) is 0.688. The van der Waals surface area contributed by atoms with E-state index in [0.717, 1.165) is 17.7 Å². The minimum absolute atomic E-state index is 0.0538. The van der Waals surface area contributed by atoms with Gasteiger partial charge < -0.3 is 4.90 Å². The lowest BCUT2D eigenvalue weighted by Crippen LogP contribution is -2.38. The van der Waals surface area contributed by atoms with Gasteiger partial charge >= 0.3 is 0 Å². The molecule has 0 saturated carbocycles. The third kappa shape index (κ3) is 3.80. The zero-order chi connectivity index (χ0) is 20.0. The van der Waals surface area contributed by atoms with Crippen LogP contribution in [0.5, 0.6) is 0 Å². The molecule has 2 aromatic carbocycles. The molecule has 0 aliphatic carbocycles. The molecule has 2 aromatic rings. The Morgan fingerprint density at radius 1 is 1.07 bits per heavy atom. The molecule has 3 rings (SSSR count). The molecule has 8 heteroatoms. The lowest BCUT2D eigenvalue weighted by Gasteiger charge is -2.26. The first-order valence-corrected chi connectivity index (χ1v) is 9.90. The van der Waals surface area contributed by atoms with E-state index in [-0.39, 0.29) is 16.5 Å². The van der Waals surface area contributed by atoms with Crippen molar-refractivity contribution in [3.63, 3.8) is 0 Å². The smallest absolute Gasteiger partial charge is 0.262 e. The number of anilines is 2. The number of halogens is 2. The zero-order valence-electron chi connectivity index (χ0n) is 15.2. The van der Waals surface area contributed by atoms with Crippen LogP contribution in [0.15, 0.2) is 41.3 Å². The number of carbonyl (C=O) groups excluding carboxylic acids is 1. The molecule has 1 aliphatic rings. The van der Waals surface area contributed by atoms with Crippen LogP contribution in [0, 0.1) is 17.0 Å². The van der Waals surface area contributed by atoms with Gasteiger partial charge in [-0.3, -0.25) is 9.52 Å². The minimum Gasteiger partial charge on any atom is -0.311 e. The molecule has 27 heavy (non-hydrogen) atoms. The first-order chi connectivity index (χ1) is 12.5. The Morgan fingerprint density at radius 3 is 2.41 bits per heavy atom. The molecule has 1 aliphatic heterocycles. The molecule has 1 N–H and O–H groups in total. The number of hydrogen-bond acceptors (Lipinski definition) is 3. The van der Waals surface area contributed by atoms with E-state index in [1.54, 1.807) is 23.1 Å². The van der Waals surface area contributed by atoms with E-state index in [0.29, 0.717) is 24.7 Å². The third-order valence-electron chi connectivity index (χ3n) is 4.32. The zero-order valence-corrected chi connectivity index (χ0v) is 16.0. The summed E-state index contributed by atoms with van der Waals surface area (Å²) in [4.78, 5) is 13.9. The maximum atomic E-state index is 13.4. The summed E-state index contributed by atoms with van der Waals surface area (Å²) in [7, 11) is -4.10. The lowest BCUT2D eigenvalue weighted by molar-refractivity contribution is -0.125. The van der Waals surface area contributed by atoms with Crippen LogP contribution in [-0.4, -0.2) is 20.9 Å². The summed E-state index contributed by atoms with van der Waals surface area (Å²) >= 11 is 0. The standard InChI is InChI=1S/C19H20F2N2O3S/c1-19(2,3)18(24)23-9-8-12-4-5-13(10-17(12)23)22-27(25,26)14-6-7-15(20)16(21)11-14/h4-7,10-11,22H,8-9H2,1-3H3. The Kier molecular flexibility index (Phi) is 4.71. The Hall–Kier alpha value is -2.48. The molecule has 0 bridgehead atoms. The summed E-state index contributed by atoms with van der Waals surface area (Å²) < 4.78 is 53.7. The Morgan fingerprint density at radius 2 is 1.78 bits per heavy atom. The minimum atomic E-state index is -4.10. The van der Waals surface area contributed by atoms with Gasteiger partial charge in [0.05, 0.1) is 10.6 Å². The normalized spacial score (nSPS) is 14.2. The molecule has 0 unspecified atom stereocenters. The Balaban J connectivity index is 1.91. The molecule has 1 heterocycles. The molecule has 0 atom stereocenters. The number of carbonyl (C=O) groups is 1. The van der Waals surface area contributed by atoms with Crippen molar-refractivity contribution >= 4 is 27.3 Å². The van der Waals surface area contributed by atoms with Gasteiger partial charge in [-0.15, -0.1) is 0 Å². The highest BCUT2D eigenvalue weighted by atomic mass is 32.2. The van der Waals surface area contributed by atoms with Crippen molar-refractivity contribution < 1.29 is 22.0 Å². The van der Waals surface area contributed by atoms with E-state index >= 15 is 0 Å². The van der Waals surface area contributed by atoms with Crippen molar-refractivity contribution in [2.45, 2.75) is 32.1 Å². The first kappa shape index (κ1) is 19.3. The SMILES string of the molecule is CC(C)(C)C(=O)N1CCc2ccc(NS(=O)(=O)c3ccc(F)c(F)c3)cc21. The second kappa shape index (κ2) is 6.60.